The van der Waals surface area contributed by atoms with Gasteiger partial charge in [-0.15, -0.1) is 0 Å². The molecule has 0 bridgehead atoms. The van der Waals surface area contributed by atoms with Gasteiger partial charge in [0.2, 0.25) is 0 Å². The zero-order valence-electron chi connectivity index (χ0n) is 10.9. The summed E-state index contributed by atoms with van der Waals surface area (Å²) in [6, 6.07) is 4.06. The first-order valence-corrected chi connectivity index (χ1v) is 6.13. The van der Waals surface area contributed by atoms with Crippen LogP contribution >= 0.6 is 0 Å². The maximum Gasteiger partial charge on any atom is 0.161 e. The molecule has 0 spiro atoms. The van der Waals surface area contributed by atoms with Gasteiger partial charge in [-0.25, -0.2) is 0 Å². The van der Waals surface area contributed by atoms with Gasteiger partial charge in [0, 0.05) is 5.54 Å². The third kappa shape index (κ3) is 2.12. The predicted octanol–water partition coefficient (Wildman–Crippen LogP) is 2.74. The van der Waals surface area contributed by atoms with Crippen LogP contribution in [-0.2, 0) is 5.54 Å². The van der Waals surface area contributed by atoms with E-state index in [1.165, 1.54) is 24.0 Å². The summed E-state index contributed by atoms with van der Waals surface area (Å²) in [4.78, 5) is 0. The average molecular weight is 235 g/mol. The second kappa shape index (κ2) is 4.57. The first-order valence-electron chi connectivity index (χ1n) is 6.13. The Morgan fingerprint density at radius 3 is 2.12 bits per heavy atom. The molecule has 1 aliphatic rings. The maximum atomic E-state index is 6.50. The van der Waals surface area contributed by atoms with Crippen LogP contribution < -0.4 is 15.2 Å². The first-order chi connectivity index (χ1) is 8.10. The van der Waals surface area contributed by atoms with Crippen LogP contribution in [0.1, 0.15) is 36.8 Å². The Hall–Kier alpha value is -1.22. The lowest BCUT2D eigenvalue weighted by Gasteiger charge is -2.27. The van der Waals surface area contributed by atoms with Crippen molar-refractivity contribution in [3.63, 3.8) is 0 Å². The molecule has 3 nitrogen and oxygen atoms in total. The van der Waals surface area contributed by atoms with E-state index in [0.29, 0.717) is 0 Å². The molecule has 2 N–H and O–H groups in total. The molecule has 17 heavy (non-hydrogen) atoms. The van der Waals surface area contributed by atoms with E-state index in [1.54, 1.807) is 14.2 Å². The van der Waals surface area contributed by atoms with Crippen molar-refractivity contribution in [3.05, 3.63) is 23.3 Å². The summed E-state index contributed by atoms with van der Waals surface area (Å²) in [5.74, 6) is 1.54. The lowest BCUT2D eigenvalue weighted by molar-refractivity contribution is 0.351. The summed E-state index contributed by atoms with van der Waals surface area (Å²) in [5, 5.41) is 0. The van der Waals surface area contributed by atoms with Crippen molar-refractivity contribution in [1.82, 2.24) is 0 Å². The molecule has 0 unspecified atom stereocenters. The van der Waals surface area contributed by atoms with Gasteiger partial charge in [-0.05, 0) is 43.0 Å². The van der Waals surface area contributed by atoms with Crippen LogP contribution in [0.25, 0.3) is 0 Å². The van der Waals surface area contributed by atoms with Gasteiger partial charge in [0.15, 0.2) is 11.5 Å². The quantitative estimate of drug-likeness (QED) is 0.876. The third-order valence-electron chi connectivity index (χ3n) is 3.76. The molecule has 1 aromatic carbocycles. The van der Waals surface area contributed by atoms with Gasteiger partial charge in [0.05, 0.1) is 14.2 Å². The van der Waals surface area contributed by atoms with E-state index in [4.69, 9.17) is 15.2 Å². The van der Waals surface area contributed by atoms with Gasteiger partial charge in [0.1, 0.15) is 0 Å². The van der Waals surface area contributed by atoms with E-state index in [0.717, 1.165) is 24.3 Å². The summed E-state index contributed by atoms with van der Waals surface area (Å²) < 4.78 is 10.7. The van der Waals surface area contributed by atoms with E-state index in [-0.39, 0.29) is 5.54 Å². The molecule has 0 aliphatic heterocycles. The summed E-state index contributed by atoms with van der Waals surface area (Å²) in [5.41, 5.74) is 8.71. The zero-order valence-corrected chi connectivity index (χ0v) is 10.9. The monoisotopic (exact) mass is 235 g/mol. The summed E-state index contributed by atoms with van der Waals surface area (Å²) in [6.45, 7) is 2.09. The van der Waals surface area contributed by atoms with Crippen LogP contribution in [0.2, 0.25) is 0 Å². The highest BCUT2D eigenvalue weighted by Crippen LogP contribution is 2.41. The smallest absolute Gasteiger partial charge is 0.161 e. The number of nitrogens with two attached hydrogens (primary N) is 1. The molecule has 0 saturated heterocycles. The molecule has 3 heteroatoms. The lowest BCUT2D eigenvalue weighted by Crippen LogP contribution is -2.33. The van der Waals surface area contributed by atoms with Crippen LogP contribution in [0.3, 0.4) is 0 Å². The Balaban J connectivity index is 2.47. The molecule has 1 aliphatic carbocycles. The number of hydrogen-bond acceptors (Lipinski definition) is 3. The molecule has 0 heterocycles. The van der Waals surface area contributed by atoms with E-state index >= 15 is 0 Å². The minimum Gasteiger partial charge on any atom is -0.493 e. The normalized spacial score (nSPS) is 18.1. The van der Waals surface area contributed by atoms with Crippen LogP contribution in [-0.4, -0.2) is 14.2 Å². The van der Waals surface area contributed by atoms with E-state index < -0.39 is 0 Å². The van der Waals surface area contributed by atoms with Crippen molar-refractivity contribution in [2.75, 3.05) is 14.2 Å². The standard InChI is InChI=1S/C14H21NO2/c1-10-8-12(16-2)13(17-3)9-11(10)14(15)6-4-5-7-14/h8-9H,4-7,15H2,1-3H3. The van der Waals surface area contributed by atoms with E-state index in [1.807, 2.05) is 12.1 Å². The topological polar surface area (TPSA) is 44.5 Å². The fourth-order valence-electron chi connectivity index (χ4n) is 2.79. The van der Waals surface area contributed by atoms with Crippen molar-refractivity contribution in [2.45, 2.75) is 38.1 Å². The molecule has 2 rings (SSSR count). The Bertz CT molecular complexity index is 409. The van der Waals surface area contributed by atoms with Crippen LogP contribution in [0.15, 0.2) is 12.1 Å². The highest BCUT2D eigenvalue weighted by atomic mass is 16.5. The van der Waals surface area contributed by atoms with Gasteiger partial charge in [-0.3, -0.25) is 0 Å². The number of methoxy groups -OCH3 is 2. The SMILES string of the molecule is COc1cc(C)c(C2(N)CCCC2)cc1OC. The molecule has 0 radical (unpaired) electrons. The van der Waals surface area contributed by atoms with E-state index in [9.17, 15) is 0 Å². The van der Waals surface area contributed by atoms with Crippen LogP contribution in [0.4, 0.5) is 0 Å². The van der Waals surface area contributed by atoms with Gasteiger partial charge in [-0.1, -0.05) is 12.8 Å². The number of rotatable bonds is 3. The Morgan fingerprint density at radius 1 is 1.06 bits per heavy atom. The Kier molecular flexibility index (Phi) is 3.29. The van der Waals surface area contributed by atoms with E-state index in [2.05, 4.69) is 6.92 Å². The number of aryl methyl sites for hydroxylation is 1. The molecule has 0 aromatic heterocycles. The molecule has 94 valence electrons. The molecule has 0 atom stereocenters. The summed E-state index contributed by atoms with van der Waals surface area (Å²) in [7, 11) is 3.32. The second-order valence-electron chi connectivity index (χ2n) is 4.89. The van der Waals surface area contributed by atoms with Crippen molar-refractivity contribution in [1.29, 1.82) is 0 Å². The van der Waals surface area contributed by atoms with Gasteiger partial charge < -0.3 is 15.2 Å². The highest BCUT2D eigenvalue weighted by molar-refractivity contribution is 5.49. The van der Waals surface area contributed by atoms with Crippen LogP contribution in [0, 0.1) is 6.92 Å². The van der Waals surface area contributed by atoms with Crippen molar-refractivity contribution in [3.8, 4) is 11.5 Å². The van der Waals surface area contributed by atoms with Crippen LogP contribution in [0.5, 0.6) is 11.5 Å². The number of hydrogen-bond donors (Lipinski definition) is 1. The molecule has 1 saturated carbocycles. The largest absolute Gasteiger partial charge is 0.493 e. The number of benzene rings is 1. The van der Waals surface area contributed by atoms with Crippen molar-refractivity contribution < 1.29 is 9.47 Å². The van der Waals surface area contributed by atoms with Gasteiger partial charge >= 0.3 is 0 Å². The fourth-order valence-corrected chi connectivity index (χ4v) is 2.79. The summed E-state index contributed by atoms with van der Waals surface area (Å²) >= 11 is 0. The first kappa shape index (κ1) is 12.2. The Labute approximate surface area is 103 Å². The second-order valence-corrected chi connectivity index (χ2v) is 4.89. The minimum atomic E-state index is -0.177. The highest BCUT2D eigenvalue weighted by Gasteiger charge is 2.33. The molecular formula is C14H21NO2. The summed E-state index contributed by atoms with van der Waals surface area (Å²) in [6.07, 6.45) is 4.54. The van der Waals surface area contributed by atoms with Crippen molar-refractivity contribution in [2.24, 2.45) is 5.73 Å². The average Bonchev–Trinajstić information content (AvgIpc) is 2.76. The minimum absolute atomic E-state index is 0.177. The third-order valence-corrected chi connectivity index (χ3v) is 3.76. The molecule has 1 fully saturated rings. The lowest BCUT2D eigenvalue weighted by atomic mass is 9.86. The van der Waals surface area contributed by atoms with Gasteiger partial charge in [-0.2, -0.15) is 0 Å². The Morgan fingerprint density at radius 2 is 1.59 bits per heavy atom. The molecule has 1 aromatic rings. The fraction of sp³-hybridized carbons (Fsp3) is 0.571. The maximum absolute atomic E-state index is 6.50. The molecular weight excluding hydrogens is 214 g/mol. The van der Waals surface area contributed by atoms with Gasteiger partial charge in [0.25, 0.3) is 0 Å². The zero-order chi connectivity index (χ0) is 12.5. The number of ether oxygens (including phenoxy) is 2. The predicted molar refractivity (Wildman–Crippen MR) is 68.6 cm³/mol. The van der Waals surface area contributed by atoms with Crippen molar-refractivity contribution >= 4 is 0 Å². The molecule has 0 amide bonds.